The molecule has 0 saturated carbocycles. The summed E-state index contributed by atoms with van der Waals surface area (Å²) in [5, 5.41) is 4.50. The van der Waals surface area contributed by atoms with Crippen molar-refractivity contribution in [3.8, 4) is 79.4 Å². The number of fused-ring (bicyclic) bond motifs is 7. The van der Waals surface area contributed by atoms with Crippen molar-refractivity contribution in [3.63, 3.8) is 0 Å². The zero-order chi connectivity index (χ0) is 45.0. The molecule has 318 valence electrons. The average molecular weight is 870 g/mol. The Labute approximate surface area is 392 Å². The van der Waals surface area contributed by atoms with E-state index in [1.165, 1.54) is 11.1 Å². The first kappa shape index (κ1) is 39.1. The topological polar surface area (TPSA) is 74.3 Å². The molecule has 0 atom stereocenters. The summed E-state index contributed by atoms with van der Waals surface area (Å²) >= 11 is 0. The summed E-state index contributed by atoms with van der Waals surface area (Å²) in [7, 11) is 0. The fraction of sp³-hybridized carbons (Fsp3) is 0. The third-order valence-corrected chi connectivity index (χ3v) is 12.8. The fourth-order valence-electron chi connectivity index (χ4n) is 9.62. The second-order valence-electron chi connectivity index (χ2n) is 16.9. The molecule has 0 aliphatic rings. The van der Waals surface area contributed by atoms with Crippen LogP contribution in [0, 0.1) is 0 Å². The Kier molecular flexibility index (Phi) is 9.35. The van der Waals surface area contributed by atoms with E-state index >= 15 is 0 Å². The molecule has 13 rings (SSSR count). The lowest BCUT2D eigenvalue weighted by molar-refractivity contribution is 0.955. The second kappa shape index (κ2) is 16.3. The highest BCUT2D eigenvalue weighted by Crippen LogP contribution is 2.42. The standard InChI is InChI=1S/C61H39N7/c1-5-18-40(19-6-1)41-32-34-47(35-33-41)67-54-31-16-14-29-50(54)56-55(67)37-36-49-48-28-13-15-30-53(48)68(57(49)56)61-65-59(44-24-11-4-12-25-44)64-60(66-61)46-27-17-26-45(38-46)52-39-51(42-20-7-2-8-21-42)62-58(63-52)43-22-9-3-10-23-43/h1-39H. The number of benzene rings is 9. The van der Waals surface area contributed by atoms with E-state index in [1.807, 2.05) is 72.8 Å². The molecular formula is C61H39N7. The van der Waals surface area contributed by atoms with E-state index in [2.05, 4.69) is 173 Å². The van der Waals surface area contributed by atoms with Crippen molar-refractivity contribution in [1.82, 2.24) is 34.1 Å². The van der Waals surface area contributed by atoms with Gasteiger partial charge in [-0.1, -0.05) is 194 Å². The summed E-state index contributed by atoms with van der Waals surface area (Å²) in [5.74, 6) is 2.32. The number of para-hydroxylation sites is 2. The molecule has 0 spiro atoms. The zero-order valence-corrected chi connectivity index (χ0v) is 36.6. The minimum absolute atomic E-state index is 0.529. The molecule has 0 N–H and O–H groups in total. The number of rotatable bonds is 8. The van der Waals surface area contributed by atoms with Crippen LogP contribution >= 0.6 is 0 Å². The molecule has 0 radical (unpaired) electrons. The van der Waals surface area contributed by atoms with Crippen LogP contribution in [0.1, 0.15) is 0 Å². The maximum atomic E-state index is 5.43. The van der Waals surface area contributed by atoms with E-state index in [9.17, 15) is 0 Å². The van der Waals surface area contributed by atoms with Gasteiger partial charge in [-0.05, 0) is 53.6 Å². The van der Waals surface area contributed by atoms with Crippen LogP contribution in [0.2, 0.25) is 0 Å². The average Bonchev–Trinajstić information content (AvgIpc) is 3.95. The van der Waals surface area contributed by atoms with Gasteiger partial charge < -0.3 is 4.57 Å². The summed E-state index contributed by atoms with van der Waals surface area (Å²) in [5.41, 5.74) is 14.0. The molecule has 13 aromatic rings. The quantitative estimate of drug-likeness (QED) is 0.152. The van der Waals surface area contributed by atoms with Crippen molar-refractivity contribution >= 4 is 43.6 Å². The lowest BCUT2D eigenvalue weighted by Crippen LogP contribution is -2.06. The van der Waals surface area contributed by atoms with Gasteiger partial charge in [0.2, 0.25) is 5.95 Å². The SMILES string of the molecule is c1ccc(-c2ccc(-n3c4ccccc4c4c3ccc3c5ccccc5n(-c5nc(-c6ccccc6)nc(-c6cccc(-c7cc(-c8ccccc8)nc(-c8ccccc8)n7)c6)n5)c34)cc2)cc1. The molecular weight excluding hydrogens is 831 g/mol. The Morgan fingerprint density at radius 1 is 0.265 bits per heavy atom. The summed E-state index contributed by atoms with van der Waals surface area (Å²) < 4.78 is 4.62. The maximum absolute atomic E-state index is 5.43. The van der Waals surface area contributed by atoms with Crippen molar-refractivity contribution in [2.45, 2.75) is 0 Å². The highest BCUT2D eigenvalue weighted by Gasteiger charge is 2.23. The van der Waals surface area contributed by atoms with Crippen LogP contribution in [-0.4, -0.2) is 34.1 Å². The first-order valence-corrected chi connectivity index (χ1v) is 22.8. The van der Waals surface area contributed by atoms with Gasteiger partial charge in [0.1, 0.15) is 0 Å². The van der Waals surface area contributed by atoms with Crippen LogP contribution < -0.4 is 0 Å². The smallest absolute Gasteiger partial charge is 0.238 e. The second-order valence-corrected chi connectivity index (χ2v) is 16.9. The lowest BCUT2D eigenvalue weighted by Gasteiger charge is -2.13. The first-order valence-electron chi connectivity index (χ1n) is 22.8. The normalized spacial score (nSPS) is 11.5. The van der Waals surface area contributed by atoms with Crippen molar-refractivity contribution in [2.24, 2.45) is 0 Å². The Morgan fingerprint density at radius 2 is 0.750 bits per heavy atom. The number of aromatic nitrogens is 7. The third-order valence-electron chi connectivity index (χ3n) is 12.8. The van der Waals surface area contributed by atoms with E-state index in [4.69, 9.17) is 24.9 Å². The van der Waals surface area contributed by atoms with Gasteiger partial charge in [0.05, 0.1) is 33.5 Å². The number of nitrogens with zero attached hydrogens (tertiary/aromatic N) is 7. The molecule has 0 bridgehead atoms. The van der Waals surface area contributed by atoms with Crippen LogP contribution in [0.25, 0.3) is 123 Å². The molecule has 0 aliphatic carbocycles. The van der Waals surface area contributed by atoms with Gasteiger partial charge in [-0.25, -0.2) is 15.0 Å². The van der Waals surface area contributed by atoms with Crippen LogP contribution in [0.15, 0.2) is 237 Å². The predicted molar refractivity (Wildman–Crippen MR) is 277 cm³/mol. The molecule has 4 heterocycles. The van der Waals surface area contributed by atoms with Gasteiger partial charge in [0.25, 0.3) is 0 Å². The highest BCUT2D eigenvalue weighted by molar-refractivity contribution is 6.26. The Bertz CT molecular complexity index is 3940. The van der Waals surface area contributed by atoms with Gasteiger partial charge >= 0.3 is 0 Å². The van der Waals surface area contributed by atoms with Gasteiger partial charge in [0.15, 0.2) is 17.5 Å². The largest absolute Gasteiger partial charge is 0.309 e. The number of hydrogen-bond acceptors (Lipinski definition) is 5. The van der Waals surface area contributed by atoms with Crippen LogP contribution in [-0.2, 0) is 0 Å². The van der Waals surface area contributed by atoms with Crippen LogP contribution in [0.4, 0.5) is 0 Å². The van der Waals surface area contributed by atoms with Gasteiger partial charge in [-0.2, -0.15) is 9.97 Å². The molecule has 7 nitrogen and oxygen atoms in total. The molecule has 0 fully saturated rings. The van der Waals surface area contributed by atoms with Gasteiger partial charge in [0, 0.05) is 55.0 Å². The Hall–Kier alpha value is -9.33. The van der Waals surface area contributed by atoms with Crippen LogP contribution in [0.3, 0.4) is 0 Å². The summed E-state index contributed by atoms with van der Waals surface area (Å²) in [6.45, 7) is 0. The van der Waals surface area contributed by atoms with Crippen molar-refractivity contribution in [3.05, 3.63) is 237 Å². The van der Waals surface area contributed by atoms with Gasteiger partial charge in [-0.15, -0.1) is 0 Å². The minimum Gasteiger partial charge on any atom is -0.309 e. The lowest BCUT2D eigenvalue weighted by atomic mass is 10.0. The maximum Gasteiger partial charge on any atom is 0.238 e. The molecule has 0 amide bonds. The van der Waals surface area contributed by atoms with E-state index in [-0.39, 0.29) is 0 Å². The van der Waals surface area contributed by atoms with Crippen molar-refractivity contribution in [1.29, 1.82) is 0 Å². The van der Waals surface area contributed by atoms with Crippen LogP contribution in [0.5, 0.6) is 0 Å². The predicted octanol–water partition coefficient (Wildman–Crippen LogP) is 14.9. The van der Waals surface area contributed by atoms with E-state index in [0.717, 1.165) is 88.5 Å². The molecule has 7 heteroatoms. The Balaban J connectivity index is 1.03. The minimum atomic E-state index is 0.529. The molecule has 0 unspecified atom stereocenters. The molecule has 0 aliphatic heterocycles. The molecule has 4 aromatic heterocycles. The first-order chi connectivity index (χ1) is 33.7. The fourth-order valence-corrected chi connectivity index (χ4v) is 9.62. The van der Waals surface area contributed by atoms with E-state index < -0.39 is 0 Å². The molecule has 68 heavy (non-hydrogen) atoms. The zero-order valence-electron chi connectivity index (χ0n) is 36.6. The summed E-state index contributed by atoms with van der Waals surface area (Å²) in [6.07, 6.45) is 0. The summed E-state index contributed by atoms with van der Waals surface area (Å²) in [6, 6.07) is 82.1. The summed E-state index contributed by atoms with van der Waals surface area (Å²) in [4.78, 5) is 26.2. The van der Waals surface area contributed by atoms with E-state index in [0.29, 0.717) is 23.4 Å². The van der Waals surface area contributed by atoms with E-state index in [1.54, 1.807) is 0 Å². The molecule has 0 saturated heterocycles. The number of hydrogen-bond donors (Lipinski definition) is 0. The molecule has 9 aromatic carbocycles. The highest BCUT2D eigenvalue weighted by atomic mass is 15.2. The van der Waals surface area contributed by atoms with Crippen molar-refractivity contribution < 1.29 is 0 Å². The third kappa shape index (κ3) is 6.72. The van der Waals surface area contributed by atoms with Crippen molar-refractivity contribution in [2.75, 3.05) is 0 Å². The monoisotopic (exact) mass is 869 g/mol. The van der Waals surface area contributed by atoms with Gasteiger partial charge in [-0.3, -0.25) is 4.57 Å². The Morgan fingerprint density at radius 3 is 1.41 bits per heavy atom.